The molecule has 0 spiro atoms. The zero-order valence-corrected chi connectivity index (χ0v) is 7.03. The van der Waals surface area contributed by atoms with Crippen molar-refractivity contribution in [2.24, 2.45) is 0 Å². The highest BCUT2D eigenvalue weighted by atomic mass is 35.5. The van der Waals surface area contributed by atoms with Gasteiger partial charge in [0, 0.05) is 5.88 Å². The number of hydrogen-bond acceptors (Lipinski definition) is 2. The van der Waals surface area contributed by atoms with Crippen LogP contribution in [0, 0.1) is 0 Å². The van der Waals surface area contributed by atoms with Crippen LogP contribution in [0.15, 0.2) is 16.8 Å². The van der Waals surface area contributed by atoms with Crippen molar-refractivity contribution in [2.75, 3.05) is 5.88 Å². The zero-order chi connectivity index (χ0) is 7.40. The van der Waals surface area contributed by atoms with E-state index in [0.29, 0.717) is 12.3 Å². The Balaban J connectivity index is 2.50. The molecule has 0 saturated heterocycles. The van der Waals surface area contributed by atoms with E-state index < -0.39 is 0 Å². The second kappa shape index (κ2) is 3.96. The van der Waals surface area contributed by atoms with Crippen LogP contribution >= 0.6 is 22.9 Å². The Bertz CT molecular complexity index is 174. The summed E-state index contributed by atoms with van der Waals surface area (Å²) in [5.41, 5.74) is 0.977. The second-order valence-corrected chi connectivity index (χ2v) is 3.21. The molecule has 0 unspecified atom stereocenters. The summed E-state index contributed by atoms with van der Waals surface area (Å²) in [5, 5.41) is 13.2. The molecule has 0 aromatic carbocycles. The molecule has 0 bridgehead atoms. The molecular weight excluding hydrogens is 168 g/mol. The number of thiophene rings is 1. The van der Waals surface area contributed by atoms with Gasteiger partial charge in [-0.2, -0.15) is 11.3 Å². The molecule has 10 heavy (non-hydrogen) atoms. The summed E-state index contributed by atoms with van der Waals surface area (Å²) in [5.74, 6) is 0.511. The molecule has 0 radical (unpaired) electrons. The summed E-state index contributed by atoms with van der Waals surface area (Å²) in [4.78, 5) is 0. The first-order valence-electron chi connectivity index (χ1n) is 3.10. The number of alkyl halides is 1. The van der Waals surface area contributed by atoms with Gasteiger partial charge in [-0.05, 0) is 28.8 Å². The molecule has 1 rings (SSSR count). The van der Waals surface area contributed by atoms with E-state index in [4.69, 9.17) is 11.6 Å². The van der Waals surface area contributed by atoms with Gasteiger partial charge in [0.25, 0.3) is 0 Å². The van der Waals surface area contributed by atoms with Crippen LogP contribution in [0.2, 0.25) is 0 Å². The van der Waals surface area contributed by atoms with Gasteiger partial charge in [-0.15, -0.1) is 11.6 Å². The predicted molar refractivity (Wildman–Crippen MR) is 44.6 cm³/mol. The lowest BCUT2D eigenvalue weighted by Crippen LogP contribution is -1.95. The molecule has 1 N–H and O–H groups in total. The number of hydrogen-bond donors (Lipinski definition) is 1. The Hall–Kier alpha value is -0.0500. The minimum atomic E-state index is -0.372. The number of aliphatic hydroxyl groups excluding tert-OH is 1. The highest BCUT2D eigenvalue weighted by Crippen LogP contribution is 2.19. The van der Waals surface area contributed by atoms with Gasteiger partial charge < -0.3 is 5.11 Å². The molecule has 1 aromatic heterocycles. The molecule has 0 saturated carbocycles. The molecule has 0 aliphatic carbocycles. The maximum absolute atomic E-state index is 9.33. The Morgan fingerprint density at radius 1 is 1.70 bits per heavy atom. The van der Waals surface area contributed by atoms with Gasteiger partial charge in [-0.1, -0.05) is 0 Å². The van der Waals surface area contributed by atoms with Crippen LogP contribution in [0.3, 0.4) is 0 Å². The first kappa shape index (κ1) is 8.05. The summed E-state index contributed by atoms with van der Waals surface area (Å²) in [6.07, 6.45) is 0.266. The van der Waals surface area contributed by atoms with Crippen LogP contribution in [0.4, 0.5) is 0 Å². The standard InChI is InChI=1S/C7H9ClOS/c8-3-1-7(9)6-2-4-10-5-6/h2,4-5,7,9H,1,3H2/t7-/m0/s1. The van der Waals surface area contributed by atoms with Gasteiger partial charge in [0.2, 0.25) is 0 Å². The molecule has 0 aliphatic rings. The van der Waals surface area contributed by atoms with Crippen LogP contribution in [0.1, 0.15) is 18.1 Å². The van der Waals surface area contributed by atoms with Gasteiger partial charge in [0.05, 0.1) is 6.10 Å². The second-order valence-electron chi connectivity index (χ2n) is 2.05. The van der Waals surface area contributed by atoms with Crippen LogP contribution < -0.4 is 0 Å². The van der Waals surface area contributed by atoms with Gasteiger partial charge in [0.1, 0.15) is 0 Å². The lowest BCUT2D eigenvalue weighted by Gasteiger charge is -2.04. The molecule has 1 atom stereocenters. The van der Waals surface area contributed by atoms with Crippen LogP contribution in [-0.2, 0) is 0 Å². The number of aliphatic hydroxyl groups is 1. The third kappa shape index (κ3) is 1.97. The average molecular weight is 177 g/mol. The summed E-state index contributed by atoms with van der Waals surface area (Å²) in [6.45, 7) is 0. The van der Waals surface area contributed by atoms with Gasteiger partial charge in [0.15, 0.2) is 0 Å². The molecular formula is C7H9ClOS. The normalized spacial score (nSPS) is 13.4. The van der Waals surface area contributed by atoms with Crippen molar-refractivity contribution >= 4 is 22.9 Å². The van der Waals surface area contributed by atoms with Crippen LogP contribution in [0.25, 0.3) is 0 Å². The van der Waals surface area contributed by atoms with E-state index in [0.717, 1.165) is 5.56 Å². The number of halogens is 1. The van der Waals surface area contributed by atoms with Crippen LogP contribution in [-0.4, -0.2) is 11.0 Å². The molecule has 56 valence electrons. The molecule has 3 heteroatoms. The van der Waals surface area contributed by atoms with Gasteiger partial charge >= 0.3 is 0 Å². The van der Waals surface area contributed by atoms with E-state index in [1.807, 2.05) is 16.8 Å². The summed E-state index contributed by atoms with van der Waals surface area (Å²) in [7, 11) is 0. The Morgan fingerprint density at radius 3 is 3.00 bits per heavy atom. The van der Waals surface area contributed by atoms with Crippen molar-refractivity contribution in [2.45, 2.75) is 12.5 Å². The SMILES string of the molecule is O[C@@H](CCCl)c1ccsc1. The maximum Gasteiger partial charge on any atom is 0.0809 e. The summed E-state index contributed by atoms with van der Waals surface area (Å²) >= 11 is 7.05. The quantitative estimate of drug-likeness (QED) is 0.702. The summed E-state index contributed by atoms with van der Waals surface area (Å²) in [6, 6.07) is 1.92. The largest absolute Gasteiger partial charge is 0.388 e. The Kier molecular flexibility index (Phi) is 3.19. The monoisotopic (exact) mass is 176 g/mol. The van der Waals surface area contributed by atoms with E-state index in [1.165, 1.54) is 0 Å². The predicted octanol–water partition coefficient (Wildman–Crippen LogP) is 2.41. The summed E-state index contributed by atoms with van der Waals surface area (Å²) < 4.78 is 0. The maximum atomic E-state index is 9.33. The van der Waals surface area contributed by atoms with E-state index in [-0.39, 0.29) is 6.10 Å². The van der Waals surface area contributed by atoms with Crippen molar-refractivity contribution < 1.29 is 5.11 Å². The molecule has 1 heterocycles. The van der Waals surface area contributed by atoms with Crippen molar-refractivity contribution in [3.8, 4) is 0 Å². The van der Waals surface area contributed by atoms with Crippen molar-refractivity contribution in [3.63, 3.8) is 0 Å². The number of rotatable bonds is 3. The average Bonchev–Trinajstić information content (AvgIpc) is 2.38. The topological polar surface area (TPSA) is 20.2 Å². The lowest BCUT2D eigenvalue weighted by molar-refractivity contribution is 0.175. The molecule has 1 aromatic rings. The van der Waals surface area contributed by atoms with Gasteiger partial charge in [-0.25, -0.2) is 0 Å². The van der Waals surface area contributed by atoms with Gasteiger partial charge in [-0.3, -0.25) is 0 Å². The fourth-order valence-electron chi connectivity index (χ4n) is 0.735. The smallest absolute Gasteiger partial charge is 0.0809 e. The fourth-order valence-corrected chi connectivity index (χ4v) is 1.65. The Labute approximate surface area is 69.3 Å². The van der Waals surface area contributed by atoms with Crippen molar-refractivity contribution in [1.29, 1.82) is 0 Å². The van der Waals surface area contributed by atoms with E-state index in [1.54, 1.807) is 11.3 Å². The first-order chi connectivity index (χ1) is 4.84. The molecule has 1 nitrogen and oxygen atoms in total. The van der Waals surface area contributed by atoms with E-state index in [2.05, 4.69) is 0 Å². The Morgan fingerprint density at radius 2 is 2.50 bits per heavy atom. The molecule has 0 fully saturated rings. The molecule has 0 aliphatic heterocycles. The van der Waals surface area contributed by atoms with Crippen LogP contribution in [0.5, 0.6) is 0 Å². The lowest BCUT2D eigenvalue weighted by atomic mass is 10.1. The fraction of sp³-hybridized carbons (Fsp3) is 0.429. The molecule has 0 amide bonds. The van der Waals surface area contributed by atoms with Crippen molar-refractivity contribution in [3.05, 3.63) is 22.4 Å². The van der Waals surface area contributed by atoms with E-state index in [9.17, 15) is 5.11 Å². The zero-order valence-electron chi connectivity index (χ0n) is 5.46. The highest BCUT2D eigenvalue weighted by molar-refractivity contribution is 7.07. The first-order valence-corrected chi connectivity index (χ1v) is 4.58. The third-order valence-electron chi connectivity index (χ3n) is 1.31. The van der Waals surface area contributed by atoms with Crippen molar-refractivity contribution in [1.82, 2.24) is 0 Å². The minimum Gasteiger partial charge on any atom is -0.388 e. The highest BCUT2D eigenvalue weighted by Gasteiger charge is 2.05. The van der Waals surface area contributed by atoms with E-state index >= 15 is 0 Å². The minimum absolute atomic E-state index is 0.372. The third-order valence-corrected chi connectivity index (χ3v) is 2.23.